The number of non-ortho nitro benzene ring substituents is 1. The molecule has 0 aliphatic carbocycles. The summed E-state index contributed by atoms with van der Waals surface area (Å²) in [4.78, 5) is 34.1. The number of para-hydroxylation sites is 1. The molecule has 2 aromatic heterocycles. The zero-order valence-electron chi connectivity index (χ0n) is 18.9. The number of thiazole rings is 1. The van der Waals surface area contributed by atoms with E-state index in [4.69, 9.17) is 9.72 Å². The predicted octanol–water partition coefficient (Wildman–Crippen LogP) is 5.36. The summed E-state index contributed by atoms with van der Waals surface area (Å²) in [5, 5.41) is 11.4. The minimum absolute atomic E-state index is 0. The Bertz CT molecular complexity index is 1310. The molecule has 0 aliphatic heterocycles. The molecule has 9 nitrogen and oxygen atoms in total. The van der Waals surface area contributed by atoms with Crippen LogP contribution in [-0.4, -0.2) is 38.5 Å². The van der Waals surface area contributed by atoms with Crippen molar-refractivity contribution in [1.29, 1.82) is 0 Å². The molecule has 0 unspecified atom stereocenters. The van der Waals surface area contributed by atoms with Crippen molar-refractivity contribution >= 4 is 56.8 Å². The highest BCUT2D eigenvalue weighted by Gasteiger charge is 2.19. The van der Waals surface area contributed by atoms with Crippen LogP contribution in [0.4, 0.5) is 10.8 Å². The molecule has 182 valence electrons. The first-order valence-corrected chi connectivity index (χ1v) is 11.6. The SMILES string of the molecule is CCOc1cccc2sc(N(CCCn3ccnc3)C(=O)/C=C/c3ccc([N+](=O)[O-])cc3)nc12.Cl. The minimum atomic E-state index is -0.454. The number of benzene rings is 2. The summed E-state index contributed by atoms with van der Waals surface area (Å²) in [5.41, 5.74) is 1.43. The van der Waals surface area contributed by atoms with Crippen LogP contribution in [0, 0.1) is 10.1 Å². The van der Waals surface area contributed by atoms with Crippen LogP contribution >= 0.6 is 23.7 Å². The molecule has 2 aromatic carbocycles. The maximum Gasteiger partial charge on any atom is 0.269 e. The quantitative estimate of drug-likeness (QED) is 0.161. The number of halogens is 1. The molecule has 0 aliphatic rings. The van der Waals surface area contributed by atoms with Crippen molar-refractivity contribution in [2.24, 2.45) is 0 Å². The van der Waals surface area contributed by atoms with Gasteiger partial charge in [0.2, 0.25) is 0 Å². The van der Waals surface area contributed by atoms with Gasteiger partial charge in [0.25, 0.3) is 11.6 Å². The number of hydrogen-bond acceptors (Lipinski definition) is 7. The third kappa shape index (κ3) is 6.43. The van der Waals surface area contributed by atoms with Crippen molar-refractivity contribution in [3.05, 3.63) is 82.9 Å². The Balaban J connectivity index is 0.00000342. The van der Waals surface area contributed by atoms with E-state index in [9.17, 15) is 14.9 Å². The number of rotatable bonds is 10. The lowest BCUT2D eigenvalue weighted by atomic mass is 10.2. The average Bonchev–Trinajstić information content (AvgIpc) is 3.51. The van der Waals surface area contributed by atoms with Crippen molar-refractivity contribution in [1.82, 2.24) is 14.5 Å². The smallest absolute Gasteiger partial charge is 0.269 e. The summed E-state index contributed by atoms with van der Waals surface area (Å²) in [5.74, 6) is 0.468. The summed E-state index contributed by atoms with van der Waals surface area (Å²) in [6, 6.07) is 11.8. The third-order valence-corrected chi connectivity index (χ3v) is 6.09. The highest BCUT2D eigenvalue weighted by molar-refractivity contribution is 7.22. The van der Waals surface area contributed by atoms with Gasteiger partial charge in [-0.15, -0.1) is 12.4 Å². The number of carbonyl (C=O) groups excluding carboxylic acids is 1. The van der Waals surface area contributed by atoms with Crippen molar-refractivity contribution in [2.75, 3.05) is 18.1 Å². The van der Waals surface area contributed by atoms with E-state index in [1.807, 2.05) is 35.9 Å². The molecule has 0 radical (unpaired) electrons. The maximum atomic E-state index is 13.2. The Hall–Kier alpha value is -3.76. The Morgan fingerprint density at radius 3 is 2.74 bits per heavy atom. The van der Waals surface area contributed by atoms with E-state index in [-0.39, 0.29) is 24.0 Å². The van der Waals surface area contributed by atoms with Gasteiger partial charge in [-0.25, -0.2) is 9.97 Å². The number of ether oxygens (including phenoxy) is 1. The van der Waals surface area contributed by atoms with Gasteiger partial charge in [0.05, 0.1) is 22.6 Å². The fraction of sp³-hybridized carbons (Fsp3) is 0.208. The first-order chi connectivity index (χ1) is 16.5. The molecule has 11 heteroatoms. The highest BCUT2D eigenvalue weighted by Crippen LogP contribution is 2.34. The van der Waals surface area contributed by atoms with E-state index < -0.39 is 4.92 Å². The standard InChI is InChI=1S/C24H23N5O4S.ClH/c1-2-33-20-5-3-6-21-23(20)26-24(34-21)28(15-4-14-27-16-13-25-17-27)22(30)12-9-18-7-10-19(11-8-18)29(31)32;/h3,5-13,16-17H,2,4,14-15H2,1H3;1H/b12-9+;. The lowest BCUT2D eigenvalue weighted by Gasteiger charge is -2.18. The molecule has 4 aromatic rings. The van der Waals surface area contributed by atoms with E-state index in [0.717, 1.165) is 10.2 Å². The number of hydrogen-bond donors (Lipinski definition) is 0. The zero-order chi connectivity index (χ0) is 23.9. The highest BCUT2D eigenvalue weighted by atomic mass is 35.5. The topological polar surface area (TPSA) is 103 Å². The zero-order valence-corrected chi connectivity index (χ0v) is 20.6. The molecule has 0 bridgehead atoms. The van der Waals surface area contributed by atoms with Crippen LogP contribution in [0.3, 0.4) is 0 Å². The molecule has 2 heterocycles. The van der Waals surface area contributed by atoms with Crippen LogP contribution < -0.4 is 9.64 Å². The lowest BCUT2D eigenvalue weighted by molar-refractivity contribution is -0.384. The summed E-state index contributed by atoms with van der Waals surface area (Å²) < 4.78 is 8.60. The molecule has 35 heavy (non-hydrogen) atoms. The minimum Gasteiger partial charge on any atom is -0.492 e. The molecule has 0 fully saturated rings. The third-order valence-electron chi connectivity index (χ3n) is 5.05. The average molecular weight is 514 g/mol. The Morgan fingerprint density at radius 1 is 1.26 bits per heavy atom. The molecule has 0 atom stereocenters. The van der Waals surface area contributed by atoms with E-state index >= 15 is 0 Å². The van der Waals surface area contributed by atoms with E-state index in [0.29, 0.717) is 42.6 Å². The largest absolute Gasteiger partial charge is 0.492 e. The fourth-order valence-electron chi connectivity index (χ4n) is 3.39. The van der Waals surface area contributed by atoms with Crippen molar-refractivity contribution in [3.8, 4) is 5.75 Å². The molecule has 4 rings (SSSR count). The van der Waals surface area contributed by atoms with Gasteiger partial charge in [0.1, 0.15) is 11.3 Å². The number of nitro groups is 1. The number of imidazole rings is 1. The van der Waals surface area contributed by atoms with Gasteiger partial charge in [0, 0.05) is 43.7 Å². The summed E-state index contributed by atoms with van der Waals surface area (Å²) in [6.07, 6.45) is 9.17. The fourth-order valence-corrected chi connectivity index (χ4v) is 4.41. The second-order valence-electron chi connectivity index (χ2n) is 7.36. The molecular weight excluding hydrogens is 490 g/mol. The number of anilines is 1. The first kappa shape index (κ1) is 25.9. The second kappa shape index (κ2) is 12.1. The second-order valence-corrected chi connectivity index (χ2v) is 8.37. The number of aryl methyl sites for hydroxylation is 1. The van der Waals surface area contributed by atoms with Gasteiger partial charge in [0.15, 0.2) is 5.13 Å². The number of nitrogens with zero attached hydrogens (tertiary/aromatic N) is 5. The molecule has 1 amide bonds. The van der Waals surface area contributed by atoms with Crippen LogP contribution in [0.5, 0.6) is 5.75 Å². The predicted molar refractivity (Wildman–Crippen MR) is 139 cm³/mol. The molecule has 0 spiro atoms. The number of amides is 1. The van der Waals surface area contributed by atoms with E-state index in [1.165, 1.54) is 29.5 Å². The van der Waals surface area contributed by atoms with E-state index in [2.05, 4.69) is 4.98 Å². The first-order valence-electron chi connectivity index (χ1n) is 10.8. The number of fused-ring (bicyclic) bond motifs is 1. The Morgan fingerprint density at radius 2 is 2.06 bits per heavy atom. The van der Waals surface area contributed by atoms with Gasteiger partial charge in [-0.2, -0.15) is 0 Å². The van der Waals surface area contributed by atoms with Crippen LogP contribution in [0.25, 0.3) is 16.3 Å². The van der Waals surface area contributed by atoms with Crippen LogP contribution in [0.2, 0.25) is 0 Å². The maximum absolute atomic E-state index is 13.2. The van der Waals surface area contributed by atoms with E-state index in [1.54, 1.807) is 35.6 Å². The van der Waals surface area contributed by atoms with Gasteiger partial charge in [-0.05, 0) is 49.2 Å². The van der Waals surface area contributed by atoms with Crippen molar-refractivity contribution in [3.63, 3.8) is 0 Å². The van der Waals surface area contributed by atoms with Crippen molar-refractivity contribution < 1.29 is 14.5 Å². The number of carbonyl (C=O) groups is 1. The van der Waals surface area contributed by atoms with Crippen LogP contribution in [0.1, 0.15) is 18.9 Å². The molecule has 0 saturated carbocycles. The monoisotopic (exact) mass is 513 g/mol. The molecule has 0 N–H and O–H groups in total. The molecule has 0 saturated heterocycles. The van der Waals surface area contributed by atoms with Gasteiger partial charge in [-0.1, -0.05) is 17.4 Å². The van der Waals surface area contributed by atoms with Gasteiger partial charge in [-0.3, -0.25) is 19.8 Å². The Labute approximate surface area is 212 Å². The van der Waals surface area contributed by atoms with Gasteiger partial charge >= 0.3 is 0 Å². The van der Waals surface area contributed by atoms with Crippen LogP contribution in [0.15, 0.2) is 67.3 Å². The summed E-state index contributed by atoms with van der Waals surface area (Å²) in [7, 11) is 0. The number of aromatic nitrogens is 3. The Kier molecular flexibility index (Phi) is 8.93. The normalized spacial score (nSPS) is 10.9. The summed E-state index contributed by atoms with van der Waals surface area (Å²) in [6.45, 7) is 3.62. The van der Waals surface area contributed by atoms with Crippen molar-refractivity contribution in [2.45, 2.75) is 19.9 Å². The van der Waals surface area contributed by atoms with Gasteiger partial charge < -0.3 is 9.30 Å². The molecular formula is C24H24ClN5O4S. The summed E-state index contributed by atoms with van der Waals surface area (Å²) >= 11 is 1.43. The number of nitro benzene ring substituents is 1. The van der Waals surface area contributed by atoms with Crippen LogP contribution in [-0.2, 0) is 11.3 Å². The lowest BCUT2D eigenvalue weighted by Crippen LogP contribution is -2.30.